The molecule has 0 aliphatic carbocycles. The van der Waals surface area contributed by atoms with Gasteiger partial charge in [0.1, 0.15) is 5.50 Å². The molecule has 4 heteroatoms. The van der Waals surface area contributed by atoms with Crippen molar-refractivity contribution in [3.05, 3.63) is 71.8 Å². The number of alkyl halides is 1. The van der Waals surface area contributed by atoms with Gasteiger partial charge in [-0.25, -0.2) is 0 Å². The van der Waals surface area contributed by atoms with Gasteiger partial charge < -0.3 is 0 Å². The van der Waals surface area contributed by atoms with E-state index in [1.165, 1.54) is 0 Å². The van der Waals surface area contributed by atoms with Crippen LogP contribution >= 0.6 is 11.6 Å². The van der Waals surface area contributed by atoms with Gasteiger partial charge in [-0.15, -0.1) is 0 Å². The van der Waals surface area contributed by atoms with Gasteiger partial charge >= 0.3 is 0 Å². The summed E-state index contributed by atoms with van der Waals surface area (Å²) in [6.07, 6.45) is 0.586. The van der Waals surface area contributed by atoms with E-state index in [0.717, 1.165) is 11.1 Å². The monoisotopic (exact) mass is 297 g/mol. The molecule has 0 bridgehead atoms. The van der Waals surface area contributed by atoms with Crippen molar-refractivity contribution in [1.29, 1.82) is 5.26 Å². The van der Waals surface area contributed by atoms with E-state index >= 15 is 0 Å². The first-order chi connectivity index (χ1) is 10.1. The Bertz CT molecular complexity index is 634. The molecule has 2 aromatic rings. The topological polar surface area (TPSA) is 48.5 Å². The summed E-state index contributed by atoms with van der Waals surface area (Å²) in [5, 5.41) is 17.7. The largest absolute Gasteiger partial charge is 0.195 e. The van der Waals surface area contributed by atoms with Gasteiger partial charge in [0.05, 0.1) is 6.07 Å². The van der Waals surface area contributed by atoms with Gasteiger partial charge in [0.2, 0.25) is 0 Å². The molecule has 0 aromatic heterocycles. The lowest BCUT2D eigenvalue weighted by atomic mass is 9.95. The predicted octanol–water partition coefficient (Wildman–Crippen LogP) is 4.69. The molecule has 0 saturated heterocycles. The molecule has 106 valence electrons. The molecule has 2 aromatic carbocycles. The molecule has 0 fully saturated rings. The summed E-state index contributed by atoms with van der Waals surface area (Å²) in [5.41, 5.74) is 0.406. The van der Waals surface area contributed by atoms with Crippen molar-refractivity contribution in [2.24, 2.45) is 10.2 Å². The molecule has 0 spiro atoms. The van der Waals surface area contributed by atoms with Crippen LogP contribution in [0.3, 0.4) is 0 Å². The van der Waals surface area contributed by atoms with Gasteiger partial charge in [0.25, 0.3) is 0 Å². The zero-order valence-electron chi connectivity index (χ0n) is 11.8. The van der Waals surface area contributed by atoms with Crippen molar-refractivity contribution in [1.82, 2.24) is 0 Å². The smallest absolute Gasteiger partial charge is 0.189 e. The quantitative estimate of drug-likeness (QED) is 0.449. The van der Waals surface area contributed by atoms with Crippen LogP contribution in [-0.2, 0) is 12.0 Å². The molecule has 2 unspecified atom stereocenters. The van der Waals surface area contributed by atoms with Crippen LogP contribution in [0.2, 0.25) is 0 Å². The predicted molar refractivity (Wildman–Crippen MR) is 84.1 cm³/mol. The van der Waals surface area contributed by atoms with E-state index in [1.807, 2.05) is 60.7 Å². The van der Waals surface area contributed by atoms with Crippen molar-refractivity contribution >= 4 is 11.6 Å². The number of nitriles is 1. The first-order valence-corrected chi connectivity index (χ1v) is 7.14. The Labute approximate surface area is 129 Å². The van der Waals surface area contributed by atoms with Crippen LogP contribution < -0.4 is 0 Å². The highest BCUT2D eigenvalue weighted by atomic mass is 35.5. The van der Waals surface area contributed by atoms with E-state index in [9.17, 15) is 5.26 Å². The summed E-state index contributed by atoms with van der Waals surface area (Å²) in [7, 11) is 0. The zero-order valence-corrected chi connectivity index (χ0v) is 12.5. The number of benzene rings is 2. The van der Waals surface area contributed by atoms with E-state index in [-0.39, 0.29) is 0 Å². The third-order valence-electron chi connectivity index (χ3n) is 3.18. The minimum atomic E-state index is -1.01. The van der Waals surface area contributed by atoms with Crippen LogP contribution in [0, 0.1) is 11.3 Å². The van der Waals surface area contributed by atoms with Crippen LogP contribution in [0.25, 0.3) is 0 Å². The number of halogens is 1. The van der Waals surface area contributed by atoms with Crippen molar-refractivity contribution in [2.45, 2.75) is 24.4 Å². The lowest BCUT2D eigenvalue weighted by molar-refractivity contribution is 0.582. The van der Waals surface area contributed by atoms with Crippen molar-refractivity contribution in [2.75, 3.05) is 0 Å². The molecule has 2 rings (SSSR count). The van der Waals surface area contributed by atoms with Gasteiger partial charge in [-0.1, -0.05) is 72.3 Å². The molecule has 0 aliphatic rings. The summed E-state index contributed by atoms with van der Waals surface area (Å²) >= 11 is 6.20. The third kappa shape index (κ3) is 4.14. The Hall–Kier alpha value is -2.18. The highest BCUT2D eigenvalue weighted by Gasteiger charge is 2.26. The van der Waals surface area contributed by atoms with Gasteiger partial charge in [-0.05, 0) is 18.1 Å². The summed E-state index contributed by atoms with van der Waals surface area (Å²) in [6, 6.07) is 21.4. The van der Waals surface area contributed by atoms with Crippen LogP contribution in [0.5, 0.6) is 0 Å². The van der Waals surface area contributed by atoms with E-state index < -0.39 is 11.0 Å². The Balaban J connectivity index is 2.10. The van der Waals surface area contributed by atoms with E-state index in [2.05, 4.69) is 16.3 Å². The van der Waals surface area contributed by atoms with E-state index in [1.54, 1.807) is 6.92 Å². The number of hydrogen-bond donors (Lipinski definition) is 0. The highest BCUT2D eigenvalue weighted by Crippen LogP contribution is 2.25. The second-order valence-corrected chi connectivity index (χ2v) is 5.39. The van der Waals surface area contributed by atoms with Gasteiger partial charge in [0.15, 0.2) is 5.54 Å². The molecule has 0 aliphatic heterocycles. The number of rotatable bonds is 5. The van der Waals surface area contributed by atoms with Gasteiger partial charge in [-0.2, -0.15) is 15.5 Å². The van der Waals surface area contributed by atoms with Gasteiger partial charge in [-0.3, -0.25) is 0 Å². The lowest BCUT2D eigenvalue weighted by Crippen LogP contribution is -2.16. The van der Waals surface area contributed by atoms with E-state index in [4.69, 9.17) is 11.6 Å². The van der Waals surface area contributed by atoms with Crippen molar-refractivity contribution < 1.29 is 0 Å². The minimum Gasteiger partial charge on any atom is -0.195 e. The molecule has 0 saturated carbocycles. The Kier molecular flexibility index (Phi) is 5.08. The highest BCUT2D eigenvalue weighted by molar-refractivity contribution is 6.20. The molecule has 0 amide bonds. The Morgan fingerprint density at radius 1 is 1.10 bits per heavy atom. The average Bonchev–Trinajstić information content (AvgIpc) is 2.54. The third-order valence-corrected chi connectivity index (χ3v) is 3.43. The molecule has 2 atom stereocenters. The normalized spacial score (nSPS) is 15.3. The molecule has 3 nitrogen and oxygen atoms in total. The standard InChI is InChI=1S/C17H16ClN3/c1-17(13-19,15-10-6-3-7-11-15)21-20-16(18)12-14-8-4-2-5-9-14/h2-11,16H,12H2,1H3. The first-order valence-electron chi connectivity index (χ1n) is 6.71. The maximum atomic E-state index is 9.39. The van der Waals surface area contributed by atoms with Crippen LogP contribution in [0.4, 0.5) is 0 Å². The average molecular weight is 298 g/mol. The van der Waals surface area contributed by atoms with Crippen LogP contribution in [0.1, 0.15) is 18.1 Å². The SMILES string of the molecule is CC(C#N)(N=NC(Cl)Cc1ccccc1)c1ccccc1. The second kappa shape index (κ2) is 7.01. The maximum Gasteiger partial charge on any atom is 0.189 e. The number of hydrogen-bond acceptors (Lipinski definition) is 3. The Morgan fingerprint density at radius 2 is 1.67 bits per heavy atom. The van der Waals surface area contributed by atoms with E-state index in [0.29, 0.717) is 6.42 Å². The molecule has 0 radical (unpaired) electrons. The van der Waals surface area contributed by atoms with Crippen LogP contribution in [0.15, 0.2) is 70.9 Å². The fourth-order valence-corrected chi connectivity index (χ4v) is 2.16. The van der Waals surface area contributed by atoms with Crippen molar-refractivity contribution in [3.8, 4) is 6.07 Å². The molecule has 0 N–H and O–H groups in total. The molecule has 0 heterocycles. The number of azo groups is 1. The summed E-state index contributed by atoms with van der Waals surface area (Å²) in [5.74, 6) is 0. The number of nitrogens with zero attached hydrogens (tertiary/aromatic N) is 3. The van der Waals surface area contributed by atoms with Crippen LogP contribution in [-0.4, -0.2) is 5.50 Å². The minimum absolute atomic E-state index is 0.483. The zero-order chi connectivity index (χ0) is 15.1. The molecular weight excluding hydrogens is 282 g/mol. The summed E-state index contributed by atoms with van der Waals surface area (Å²) in [6.45, 7) is 1.73. The van der Waals surface area contributed by atoms with Gasteiger partial charge in [0, 0.05) is 6.42 Å². The van der Waals surface area contributed by atoms with Crippen molar-refractivity contribution in [3.63, 3.8) is 0 Å². The summed E-state index contributed by atoms with van der Waals surface area (Å²) < 4.78 is 0. The first kappa shape index (κ1) is 15.2. The maximum absolute atomic E-state index is 9.39. The fourth-order valence-electron chi connectivity index (χ4n) is 1.93. The molecule has 21 heavy (non-hydrogen) atoms. The fraction of sp³-hybridized carbons (Fsp3) is 0.235. The lowest BCUT2D eigenvalue weighted by Gasteiger charge is -2.16. The second-order valence-electron chi connectivity index (χ2n) is 4.89. The Morgan fingerprint density at radius 3 is 2.24 bits per heavy atom. The summed E-state index contributed by atoms with van der Waals surface area (Å²) in [4.78, 5) is 0. The molecular formula is C17H16ClN3.